The lowest BCUT2D eigenvalue weighted by atomic mass is 9.99. The summed E-state index contributed by atoms with van der Waals surface area (Å²) in [6.07, 6.45) is 3.61. The maximum atomic E-state index is 13.6. The molecular formula is C28H33N9O. The van der Waals surface area contributed by atoms with Gasteiger partial charge in [0.15, 0.2) is 0 Å². The van der Waals surface area contributed by atoms with Crippen LogP contribution < -0.4 is 15.8 Å². The van der Waals surface area contributed by atoms with Crippen molar-refractivity contribution in [3.05, 3.63) is 64.8 Å². The van der Waals surface area contributed by atoms with Gasteiger partial charge in [-0.25, -0.2) is 4.98 Å². The van der Waals surface area contributed by atoms with Gasteiger partial charge in [0.1, 0.15) is 16.9 Å². The first-order valence-corrected chi connectivity index (χ1v) is 13.1. The van der Waals surface area contributed by atoms with Crippen LogP contribution in [0, 0.1) is 5.92 Å². The maximum absolute atomic E-state index is 13.6. The number of nitrogens with zero attached hydrogens (tertiary/aromatic N) is 6. The van der Waals surface area contributed by atoms with Crippen LogP contribution >= 0.6 is 0 Å². The second kappa shape index (κ2) is 9.60. The smallest absolute Gasteiger partial charge is 0.261 e. The quantitative estimate of drug-likeness (QED) is 0.318. The standard InChI is InChI=1S/C28H33N9O/c1-17(2)24(20-7-5-6-10-29-20)33-26-23(28(38)32-22-16-36(4)34-25(22)26)27-30-19-9-8-18(15-21(19)31-27)37-13-11-35(3)12-14-37/h5-10,15-17,24,33H,11-14H2,1-4H3,(H,30,31)(H,32,38)/t24-/m0/s1. The molecule has 5 aromatic rings. The van der Waals surface area contributed by atoms with Crippen LogP contribution in [0.1, 0.15) is 25.6 Å². The Labute approximate surface area is 220 Å². The topological polar surface area (TPSA) is 111 Å². The summed E-state index contributed by atoms with van der Waals surface area (Å²) in [5, 5.41) is 8.33. The fraction of sp³-hybridized carbons (Fsp3) is 0.357. The Morgan fingerprint density at radius 2 is 1.82 bits per heavy atom. The Morgan fingerprint density at radius 1 is 1.00 bits per heavy atom. The van der Waals surface area contributed by atoms with Gasteiger partial charge in [-0.2, -0.15) is 5.10 Å². The highest BCUT2D eigenvalue weighted by Crippen LogP contribution is 2.35. The van der Waals surface area contributed by atoms with Crippen molar-refractivity contribution in [2.75, 3.05) is 43.4 Å². The molecule has 0 spiro atoms. The Kier molecular flexibility index (Phi) is 6.11. The summed E-state index contributed by atoms with van der Waals surface area (Å²) in [5.74, 6) is 0.716. The van der Waals surface area contributed by atoms with Crippen LogP contribution in [0.5, 0.6) is 0 Å². The first kappa shape index (κ1) is 24.2. The van der Waals surface area contributed by atoms with Gasteiger partial charge in [0.05, 0.1) is 34.0 Å². The van der Waals surface area contributed by atoms with Crippen molar-refractivity contribution in [2.24, 2.45) is 13.0 Å². The van der Waals surface area contributed by atoms with Crippen LogP contribution in [0.4, 0.5) is 11.4 Å². The third-order valence-electron chi connectivity index (χ3n) is 7.33. The van der Waals surface area contributed by atoms with Gasteiger partial charge in [-0.05, 0) is 43.3 Å². The largest absolute Gasteiger partial charge is 0.374 e. The number of aryl methyl sites for hydroxylation is 1. The van der Waals surface area contributed by atoms with Crippen molar-refractivity contribution in [1.82, 2.24) is 34.6 Å². The Bertz CT molecular complexity index is 1640. The van der Waals surface area contributed by atoms with Gasteiger partial charge in [0.25, 0.3) is 5.56 Å². The molecular weight excluding hydrogens is 478 g/mol. The molecule has 6 rings (SSSR count). The highest BCUT2D eigenvalue weighted by molar-refractivity contribution is 5.96. The molecule has 38 heavy (non-hydrogen) atoms. The van der Waals surface area contributed by atoms with Gasteiger partial charge in [0, 0.05) is 51.3 Å². The average molecular weight is 512 g/mol. The molecule has 3 N–H and O–H groups in total. The number of rotatable bonds is 6. The maximum Gasteiger partial charge on any atom is 0.261 e. The Balaban J connectivity index is 1.47. The number of likely N-dealkylation sites (N-methyl/N-ethyl adjacent to an activating group) is 1. The third kappa shape index (κ3) is 4.41. The fourth-order valence-electron chi connectivity index (χ4n) is 5.22. The van der Waals surface area contributed by atoms with E-state index in [-0.39, 0.29) is 17.5 Å². The number of benzene rings is 1. The van der Waals surface area contributed by atoms with Gasteiger partial charge in [0.2, 0.25) is 0 Å². The molecule has 1 saturated heterocycles. The number of hydrogen-bond donors (Lipinski definition) is 3. The monoisotopic (exact) mass is 511 g/mol. The second-order valence-electron chi connectivity index (χ2n) is 10.5. The first-order chi connectivity index (χ1) is 18.4. The minimum Gasteiger partial charge on any atom is -0.374 e. The number of aromatic amines is 2. The molecule has 1 fully saturated rings. The van der Waals surface area contributed by atoms with Crippen molar-refractivity contribution >= 4 is 33.4 Å². The van der Waals surface area contributed by atoms with E-state index in [9.17, 15) is 4.79 Å². The molecule has 5 heterocycles. The molecule has 0 amide bonds. The van der Waals surface area contributed by atoms with E-state index in [0.29, 0.717) is 28.1 Å². The lowest BCUT2D eigenvalue weighted by molar-refractivity contribution is 0.313. The van der Waals surface area contributed by atoms with Gasteiger partial charge in [-0.15, -0.1) is 0 Å². The van der Waals surface area contributed by atoms with E-state index in [2.05, 4.69) is 63.1 Å². The van der Waals surface area contributed by atoms with E-state index < -0.39 is 0 Å². The zero-order chi connectivity index (χ0) is 26.4. The minimum absolute atomic E-state index is 0.129. The summed E-state index contributed by atoms with van der Waals surface area (Å²) in [5.41, 5.74) is 5.98. The van der Waals surface area contributed by atoms with Crippen LogP contribution in [0.25, 0.3) is 33.5 Å². The van der Waals surface area contributed by atoms with Gasteiger partial charge in [-0.1, -0.05) is 19.9 Å². The fourth-order valence-corrected chi connectivity index (χ4v) is 5.22. The second-order valence-corrected chi connectivity index (χ2v) is 10.5. The summed E-state index contributed by atoms with van der Waals surface area (Å²) >= 11 is 0. The third-order valence-corrected chi connectivity index (χ3v) is 7.33. The Morgan fingerprint density at radius 3 is 2.55 bits per heavy atom. The van der Waals surface area contributed by atoms with Gasteiger partial charge < -0.3 is 25.1 Å². The molecule has 10 heteroatoms. The number of nitrogens with one attached hydrogen (secondary N) is 3. The summed E-state index contributed by atoms with van der Waals surface area (Å²) in [6, 6.07) is 12.0. The van der Waals surface area contributed by atoms with E-state index >= 15 is 0 Å². The molecule has 0 aliphatic carbocycles. The molecule has 10 nitrogen and oxygen atoms in total. The molecule has 1 atom stereocenters. The van der Waals surface area contributed by atoms with E-state index in [1.165, 1.54) is 0 Å². The lowest BCUT2D eigenvalue weighted by Crippen LogP contribution is -2.44. The molecule has 0 radical (unpaired) electrons. The zero-order valence-electron chi connectivity index (χ0n) is 22.2. The molecule has 1 aliphatic rings. The number of piperazine rings is 1. The number of aromatic nitrogens is 6. The number of anilines is 2. The molecule has 196 valence electrons. The van der Waals surface area contributed by atoms with E-state index in [0.717, 1.165) is 48.6 Å². The van der Waals surface area contributed by atoms with Crippen LogP contribution in [0.3, 0.4) is 0 Å². The zero-order valence-corrected chi connectivity index (χ0v) is 22.2. The van der Waals surface area contributed by atoms with Gasteiger partial charge in [-0.3, -0.25) is 14.5 Å². The molecule has 0 saturated carbocycles. The molecule has 1 aromatic carbocycles. The van der Waals surface area contributed by atoms with Crippen LogP contribution in [0.15, 0.2) is 53.6 Å². The number of pyridine rings is 2. The van der Waals surface area contributed by atoms with E-state index in [1.54, 1.807) is 10.9 Å². The van der Waals surface area contributed by atoms with Crippen LogP contribution in [-0.2, 0) is 7.05 Å². The van der Waals surface area contributed by atoms with Crippen molar-refractivity contribution in [3.8, 4) is 11.4 Å². The highest BCUT2D eigenvalue weighted by atomic mass is 16.1. The summed E-state index contributed by atoms with van der Waals surface area (Å²) in [7, 11) is 4.00. The molecule has 0 unspecified atom stereocenters. The van der Waals surface area contributed by atoms with Crippen molar-refractivity contribution in [1.29, 1.82) is 0 Å². The highest BCUT2D eigenvalue weighted by Gasteiger charge is 2.25. The molecule has 1 aliphatic heterocycles. The summed E-state index contributed by atoms with van der Waals surface area (Å²) < 4.78 is 1.71. The number of imidazole rings is 1. The van der Waals surface area contributed by atoms with E-state index in [4.69, 9.17) is 10.1 Å². The predicted molar refractivity (Wildman–Crippen MR) is 152 cm³/mol. The average Bonchev–Trinajstić information content (AvgIpc) is 3.49. The first-order valence-electron chi connectivity index (χ1n) is 13.1. The van der Waals surface area contributed by atoms with Crippen LogP contribution in [0.2, 0.25) is 0 Å². The Hall–Kier alpha value is -4.18. The normalized spacial score (nSPS) is 15.6. The van der Waals surface area contributed by atoms with Crippen molar-refractivity contribution < 1.29 is 0 Å². The SMILES string of the molecule is CC(C)[C@H](Nc1c(-c2nc3ccc(N4CCN(C)CC4)cc3[nH]2)c(=O)[nH]c2cn(C)nc12)c1ccccn1. The van der Waals surface area contributed by atoms with Crippen molar-refractivity contribution in [3.63, 3.8) is 0 Å². The lowest BCUT2D eigenvalue weighted by Gasteiger charge is -2.34. The molecule has 0 bridgehead atoms. The summed E-state index contributed by atoms with van der Waals surface area (Å²) in [6.45, 7) is 8.31. The van der Waals surface area contributed by atoms with Crippen molar-refractivity contribution in [2.45, 2.75) is 19.9 Å². The van der Waals surface area contributed by atoms with Gasteiger partial charge >= 0.3 is 0 Å². The van der Waals surface area contributed by atoms with E-state index in [1.807, 2.05) is 37.5 Å². The minimum atomic E-state index is -0.227. The molecule has 4 aromatic heterocycles. The number of fused-ring (bicyclic) bond motifs is 2. The number of H-pyrrole nitrogens is 2. The summed E-state index contributed by atoms with van der Waals surface area (Å²) in [4.78, 5) is 34.2. The predicted octanol–water partition coefficient (Wildman–Crippen LogP) is 3.76. The van der Waals surface area contributed by atoms with Crippen LogP contribution in [-0.4, -0.2) is 67.8 Å². The number of hydrogen-bond acceptors (Lipinski definition) is 7.